The molecule has 0 aliphatic heterocycles. The van der Waals surface area contributed by atoms with Crippen molar-refractivity contribution in [3.8, 4) is 16.9 Å². The molecule has 0 spiro atoms. The van der Waals surface area contributed by atoms with Crippen LogP contribution in [0.5, 0.6) is 5.75 Å². The first-order valence-electron chi connectivity index (χ1n) is 8.79. The Morgan fingerprint density at radius 3 is 2.69 bits per heavy atom. The quantitative estimate of drug-likeness (QED) is 0.219. The first-order valence-corrected chi connectivity index (χ1v) is 9.59. The number of fused-ring (bicyclic) bond motifs is 1. The van der Waals surface area contributed by atoms with Gasteiger partial charge in [0.2, 0.25) is 0 Å². The van der Waals surface area contributed by atoms with Gasteiger partial charge in [-0.2, -0.15) is 0 Å². The predicted molar refractivity (Wildman–Crippen MR) is 104 cm³/mol. The number of carbonyl (C=O) groups excluding carboxylic acids is 1. The van der Waals surface area contributed by atoms with Crippen LogP contribution >= 0.6 is 15.9 Å². The standard InChI is InChI=1S/C20H13BrF2N2O4/c21-13-7-12-15(8-14(13)22)24-9-16(25(27)28)18(12)11-5-2-6-17(19(11)23)29-20(26)10-3-1-4-10/h2,5-10H,1,3-4H2. The largest absolute Gasteiger partial charge is 0.423 e. The Balaban J connectivity index is 1.90. The van der Waals surface area contributed by atoms with E-state index in [1.54, 1.807) is 0 Å². The molecule has 2 aromatic carbocycles. The van der Waals surface area contributed by atoms with E-state index < -0.39 is 28.2 Å². The monoisotopic (exact) mass is 462 g/mol. The van der Waals surface area contributed by atoms with E-state index in [1.807, 2.05) is 0 Å². The molecule has 1 fully saturated rings. The molecular weight excluding hydrogens is 450 g/mol. The number of nitro groups is 1. The van der Waals surface area contributed by atoms with E-state index in [-0.39, 0.29) is 38.2 Å². The third-order valence-electron chi connectivity index (χ3n) is 4.97. The summed E-state index contributed by atoms with van der Waals surface area (Å²) < 4.78 is 34.4. The number of hydrogen-bond acceptors (Lipinski definition) is 5. The topological polar surface area (TPSA) is 82.3 Å². The van der Waals surface area contributed by atoms with Crippen LogP contribution < -0.4 is 4.74 Å². The molecule has 1 aliphatic carbocycles. The lowest BCUT2D eigenvalue weighted by molar-refractivity contribution is -0.384. The molecule has 9 heteroatoms. The fraction of sp³-hybridized carbons (Fsp3) is 0.200. The van der Waals surface area contributed by atoms with E-state index in [0.29, 0.717) is 12.8 Å². The molecule has 3 aromatic rings. The van der Waals surface area contributed by atoms with E-state index in [2.05, 4.69) is 20.9 Å². The molecule has 1 aliphatic rings. The molecule has 0 unspecified atom stereocenters. The zero-order chi connectivity index (χ0) is 20.7. The molecule has 1 heterocycles. The second-order valence-electron chi connectivity index (χ2n) is 6.73. The van der Waals surface area contributed by atoms with Crippen molar-refractivity contribution in [1.29, 1.82) is 0 Å². The lowest BCUT2D eigenvalue weighted by Crippen LogP contribution is -2.26. The van der Waals surface area contributed by atoms with Gasteiger partial charge in [0.25, 0.3) is 5.69 Å². The fourth-order valence-electron chi connectivity index (χ4n) is 3.22. The summed E-state index contributed by atoms with van der Waals surface area (Å²) in [5, 5.41) is 11.8. The summed E-state index contributed by atoms with van der Waals surface area (Å²) in [5.41, 5.74) is -0.527. The first-order chi connectivity index (χ1) is 13.9. The molecule has 4 rings (SSSR count). The molecule has 0 radical (unpaired) electrons. The third kappa shape index (κ3) is 3.46. The molecule has 0 amide bonds. The SMILES string of the molecule is O=C(Oc1cccc(-c2c([N+](=O)[O-])cnc3cc(F)c(Br)cc23)c1F)C1CCC1. The Hall–Kier alpha value is -2.94. The molecule has 1 saturated carbocycles. The second-order valence-corrected chi connectivity index (χ2v) is 7.58. The highest BCUT2D eigenvalue weighted by Gasteiger charge is 2.29. The van der Waals surface area contributed by atoms with Gasteiger partial charge >= 0.3 is 5.97 Å². The average Bonchev–Trinajstić information content (AvgIpc) is 2.62. The Bertz CT molecular complexity index is 1160. The first kappa shape index (κ1) is 19.4. The normalized spacial score (nSPS) is 13.9. The summed E-state index contributed by atoms with van der Waals surface area (Å²) in [6, 6.07) is 6.49. The van der Waals surface area contributed by atoms with Crippen LogP contribution in [0.25, 0.3) is 22.0 Å². The molecule has 148 valence electrons. The van der Waals surface area contributed by atoms with E-state index in [9.17, 15) is 19.3 Å². The predicted octanol–water partition coefficient (Wildman–Crippen LogP) is 5.56. The second kappa shape index (κ2) is 7.47. The van der Waals surface area contributed by atoms with Crippen LogP contribution in [0.4, 0.5) is 14.5 Å². The maximum Gasteiger partial charge on any atom is 0.314 e. The van der Waals surface area contributed by atoms with Crippen molar-refractivity contribution in [1.82, 2.24) is 4.98 Å². The number of halogens is 3. The number of ether oxygens (including phenoxy) is 1. The zero-order valence-electron chi connectivity index (χ0n) is 14.8. The van der Waals surface area contributed by atoms with Gasteiger partial charge in [0.1, 0.15) is 12.0 Å². The summed E-state index contributed by atoms with van der Waals surface area (Å²) in [6.07, 6.45) is 3.26. The zero-order valence-corrected chi connectivity index (χ0v) is 16.4. The van der Waals surface area contributed by atoms with E-state index >= 15 is 4.39 Å². The Morgan fingerprint density at radius 1 is 1.28 bits per heavy atom. The molecule has 0 saturated heterocycles. The summed E-state index contributed by atoms with van der Waals surface area (Å²) in [5.74, 6) is -2.59. The van der Waals surface area contributed by atoms with Crippen LogP contribution in [0.2, 0.25) is 0 Å². The van der Waals surface area contributed by atoms with Crippen molar-refractivity contribution in [2.24, 2.45) is 5.92 Å². The van der Waals surface area contributed by atoms with Crippen LogP contribution in [-0.2, 0) is 4.79 Å². The number of hydrogen-bond donors (Lipinski definition) is 0. The number of rotatable bonds is 4. The van der Waals surface area contributed by atoms with Crippen molar-refractivity contribution in [3.05, 3.63) is 62.8 Å². The number of nitrogens with zero attached hydrogens (tertiary/aromatic N) is 2. The Labute approximate surface area is 171 Å². The number of pyridine rings is 1. The Kier molecular flexibility index (Phi) is 4.99. The van der Waals surface area contributed by atoms with Crippen LogP contribution in [0, 0.1) is 27.7 Å². The molecule has 0 N–H and O–H groups in total. The van der Waals surface area contributed by atoms with Gasteiger partial charge in [-0.3, -0.25) is 14.9 Å². The summed E-state index contributed by atoms with van der Waals surface area (Å²) in [7, 11) is 0. The van der Waals surface area contributed by atoms with Crippen molar-refractivity contribution in [2.75, 3.05) is 0 Å². The van der Waals surface area contributed by atoms with Crippen molar-refractivity contribution in [3.63, 3.8) is 0 Å². The van der Waals surface area contributed by atoms with Gasteiger partial charge in [-0.05, 0) is 40.9 Å². The maximum absolute atomic E-state index is 15.2. The average molecular weight is 463 g/mol. The fourth-order valence-corrected chi connectivity index (χ4v) is 3.56. The van der Waals surface area contributed by atoms with Gasteiger partial charge in [0.05, 0.1) is 26.4 Å². The van der Waals surface area contributed by atoms with E-state index in [4.69, 9.17) is 4.74 Å². The van der Waals surface area contributed by atoms with E-state index in [1.165, 1.54) is 24.3 Å². The number of benzene rings is 2. The van der Waals surface area contributed by atoms with Gasteiger partial charge < -0.3 is 4.74 Å². The lowest BCUT2D eigenvalue weighted by atomic mass is 9.86. The third-order valence-corrected chi connectivity index (χ3v) is 5.58. The van der Waals surface area contributed by atoms with Crippen molar-refractivity contribution < 1.29 is 23.2 Å². The maximum atomic E-state index is 15.2. The minimum Gasteiger partial charge on any atom is -0.423 e. The number of aromatic nitrogens is 1. The summed E-state index contributed by atoms with van der Waals surface area (Å²) in [4.78, 5) is 26.9. The minimum absolute atomic E-state index is 0.0570. The molecule has 0 bridgehead atoms. The van der Waals surface area contributed by atoms with Gasteiger partial charge in [-0.15, -0.1) is 0 Å². The minimum atomic E-state index is -0.906. The molecule has 0 atom stereocenters. The van der Waals surface area contributed by atoms with Gasteiger partial charge in [-0.1, -0.05) is 18.6 Å². The molecule has 6 nitrogen and oxygen atoms in total. The van der Waals surface area contributed by atoms with Gasteiger partial charge in [-0.25, -0.2) is 13.8 Å². The lowest BCUT2D eigenvalue weighted by Gasteiger charge is -2.23. The van der Waals surface area contributed by atoms with Gasteiger partial charge in [0, 0.05) is 17.0 Å². The molecule has 29 heavy (non-hydrogen) atoms. The highest BCUT2D eigenvalue weighted by atomic mass is 79.9. The van der Waals surface area contributed by atoms with Crippen molar-refractivity contribution in [2.45, 2.75) is 19.3 Å². The Morgan fingerprint density at radius 2 is 2.03 bits per heavy atom. The number of esters is 1. The van der Waals surface area contributed by atoms with Crippen LogP contribution in [-0.4, -0.2) is 15.9 Å². The highest BCUT2D eigenvalue weighted by Crippen LogP contribution is 2.41. The van der Waals surface area contributed by atoms with Crippen LogP contribution in [0.3, 0.4) is 0 Å². The molecular formula is C20H13BrF2N2O4. The highest BCUT2D eigenvalue weighted by molar-refractivity contribution is 9.10. The van der Waals surface area contributed by atoms with Gasteiger partial charge in [0.15, 0.2) is 11.6 Å². The van der Waals surface area contributed by atoms with Crippen molar-refractivity contribution >= 4 is 38.5 Å². The van der Waals surface area contributed by atoms with Crippen LogP contribution in [0.1, 0.15) is 19.3 Å². The molecule has 1 aromatic heterocycles. The van der Waals surface area contributed by atoms with Crippen LogP contribution in [0.15, 0.2) is 41.0 Å². The van der Waals surface area contributed by atoms with E-state index in [0.717, 1.165) is 18.7 Å². The summed E-state index contributed by atoms with van der Waals surface area (Å²) in [6.45, 7) is 0. The smallest absolute Gasteiger partial charge is 0.314 e. The number of carbonyl (C=O) groups is 1. The summed E-state index contributed by atoms with van der Waals surface area (Å²) >= 11 is 3.04.